The van der Waals surface area contributed by atoms with Crippen LogP contribution in [0.3, 0.4) is 0 Å². The first kappa shape index (κ1) is 22.4. The number of carbonyl (C=O) groups excluding carboxylic acids is 1. The smallest absolute Gasteiger partial charge is 0.335 e. The highest BCUT2D eigenvalue weighted by molar-refractivity contribution is 6.30. The summed E-state index contributed by atoms with van der Waals surface area (Å²) in [6.07, 6.45) is 4.43. The lowest BCUT2D eigenvalue weighted by Gasteiger charge is -2.12. The molecule has 0 aliphatic heterocycles. The van der Waals surface area contributed by atoms with E-state index in [0.29, 0.717) is 17.1 Å². The maximum Gasteiger partial charge on any atom is 0.335 e. The Balaban J connectivity index is 2.35. The largest absolute Gasteiger partial charge is 0.493 e. The van der Waals surface area contributed by atoms with Crippen LogP contribution in [0.25, 0.3) is 5.69 Å². The first-order valence-electron chi connectivity index (χ1n) is 9.59. The predicted molar refractivity (Wildman–Crippen MR) is 113 cm³/mol. The average molecular weight is 421 g/mol. The molecular weight excluding hydrogens is 396 g/mol. The summed E-state index contributed by atoms with van der Waals surface area (Å²) in [4.78, 5) is 38.7. The van der Waals surface area contributed by atoms with Crippen molar-refractivity contribution >= 4 is 23.2 Å². The van der Waals surface area contributed by atoms with Crippen molar-refractivity contribution in [3.05, 3.63) is 55.7 Å². The monoisotopic (exact) mass is 420 g/mol. The Bertz CT molecular complexity index is 993. The molecule has 0 spiro atoms. The van der Waals surface area contributed by atoms with Gasteiger partial charge in [0.25, 0.3) is 5.56 Å². The first-order chi connectivity index (χ1) is 13.9. The van der Waals surface area contributed by atoms with Gasteiger partial charge in [0.1, 0.15) is 5.56 Å². The number of rotatable bonds is 9. The number of hydrogen-bond donors (Lipinski definition) is 3. The predicted octanol–water partition coefficient (Wildman–Crippen LogP) is 3.09. The molecule has 0 saturated heterocycles. The summed E-state index contributed by atoms with van der Waals surface area (Å²) in [5.74, 6) is -0.826. The number of nitrogens with zero attached hydrogens (tertiary/aromatic N) is 2. The van der Waals surface area contributed by atoms with Gasteiger partial charge in [-0.1, -0.05) is 44.7 Å². The highest BCUT2D eigenvalue weighted by atomic mass is 35.5. The third kappa shape index (κ3) is 5.80. The van der Waals surface area contributed by atoms with Gasteiger partial charge in [0.2, 0.25) is 11.8 Å². The van der Waals surface area contributed by atoms with Crippen molar-refractivity contribution in [2.24, 2.45) is 5.10 Å². The summed E-state index contributed by atoms with van der Waals surface area (Å²) in [5, 5.41) is 15.1. The third-order valence-electron chi connectivity index (χ3n) is 4.37. The molecule has 0 aliphatic rings. The van der Waals surface area contributed by atoms with Crippen molar-refractivity contribution in [3.8, 4) is 11.6 Å². The molecule has 1 aromatic heterocycles. The molecule has 0 radical (unpaired) electrons. The van der Waals surface area contributed by atoms with E-state index in [2.05, 4.69) is 22.4 Å². The lowest BCUT2D eigenvalue weighted by molar-refractivity contribution is -0.121. The minimum absolute atomic E-state index is 0.161. The van der Waals surface area contributed by atoms with Crippen molar-refractivity contribution in [3.63, 3.8) is 0 Å². The van der Waals surface area contributed by atoms with E-state index in [-0.39, 0.29) is 23.6 Å². The van der Waals surface area contributed by atoms with Gasteiger partial charge in [-0.25, -0.2) is 14.8 Å². The molecule has 1 heterocycles. The minimum atomic E-state index is -0.797. The standard InChI is InChI=1S/C20H25ClN4O4/c1-3-5-6-7-8-16(26)24-23-15(4-2)17-18(27)22-20(29)25(19(17)28)14-11-9-13(21)10-12-14/h9-12,28H,3-8H2,1-2H3,(H,24,26)(H,22,27,29). The third-order valence-corrected chi connectivity index (χ3v) is 4.62. The number of amides is 1. The lowest BCUT2D eigenvalue weighted by Crippen LogP contribution is -2.33. The van der Waals surface area contributed by atoms with Crippen LogP contribution in [0.5, 0.6) is 5.88 Å². The first-order valence-corrected chi connectivity index (χ1v) is 9.96. The Morgan fingerprint density at radius 2 is 1.86 bits per heavy atom. The minimum Gasteiger partial charge on any atom is -0.493 e. The van der Waals surface area contributed by atoms with Gasteiger partial charge in [-0.05, 0) is 37.1 Å². The second kappa shape index (κ2) is 10.6. The Kier molecular flexibility index (Phi) is 8.21. The molecule has 8 nitrogen and oxygen atoms in total. The second-order valence-electron chi connectivity index (χ2n) is 6.53. The summed E-state index contributed by atoms with van der Waals surface area (Å²) < 4.78 is 0.949. The number of hydrogen-bond acceptors (Lipinski definition) is 5. The van der Waals surface area contributed by atoms with E-state index in [1.54, 1.807) is 19.1 Å². The van der Waals surface area contributed by atoms with E-state index in [1.165, 1.54) is 12.1 Å². The van der Waals surface area contributed by atoms with Crippen LogP contribution >= 0.6 is 11.6 Å². The zero-order valence-electron chi connectivity index (χ0n) is 16.5. The van der Waals surface area contributed by atoms with E-state index in [0.717, 1.165) is 30.3 Å². The highest BCUT2D eigenvalue weighted by Crippen LogP contribution is 2.19. The van der Waals surface area contributed by atoms with Crippen molar-refractivity contribution < 1.29 is 9.90 Å². The maximum atomic E-state index is 12.3. The fraction of sp³-hybridized carbons (Fsp3) is 0.400. The molecule has 0 aliphatic carbocycles. The van der Waals surface area contributed by atoms with Crippen molar-refractivity contribution in [2.45, 2.75) is 52.4 Å². The number of H-pyrrole nitrogens is 1. The summed E-state index contributed by atoms with van der Waals surface area (Å²) in [6.45, 7) is 3.81. The number of unbranched alkanes of at least 4 members (excludes halogenated alkanes) is 3. The van der Waals surface area contributed by atoms with Crippen LogP contribution in [-0.4, -0.2) is 26.3 Å². The van der Waals surface area contributed by atoms with Crippen LogP contribution in [-0.2, 0) is 4.79 Å². The highest BCUT2D eigenvalue weighted by Gasteiger charge is 2.19. The van der Waals surface area contributed by atoms with Crippen LogP contribution in [0.1, 0.15) is 57.9 Å². The topological polar surface area (TPSA) is 117 Å². The summed E-state index contributed by atoms with van der Waals surface area (Å²) in [7, 11) is 0. The molecule has 1 amide bonds. The molecule has 2 rings (SSSR count). The van der Waals surface area contributed by atoms with Crippen LogP contribution in [0.4, 0.5) is 0 Å². The molecule has 1 aromatic carbocycles. The number of aromatic nitrogens is 2. The molecule has 3 N–H and O–H groups in total. The molecule has 0 atom stereocenters. The van der Waals surface area contributed by atoms with Gasteiger partial charge in [0.15, 0.2) is 0 Å². The van der Waals surface area contributed by atoms with Gasteiger partial charge < -0.3 is 5.11 Å². The second-order valence-corrected chi connectivity index (χ2v) is 6.96. The number of halogens is 1. The summed E-state index contributed by atoms with van der Waals surface area (Å²) in [5.41, 5.74) is 1.16. The average Bonchev–Trinajstić information content (AvgIpc) is 2.69. The van der Waals surface area contributed by atoms with Crippen LogP contribution in [0.2, 0.25) is 5.02 Å². The Morgan fingerprint density at radius 3 is 2.48 bits per heavy atom. The molecule has 0 saturated carbocycles. The van der Waals surface area contributed by atoms with Gasteiger partial charge in [0.05, 0.1) is 11.4 Å². The van der Waals surface area contributed by atoms with Gasteiger partial charge >= 0.3 is 5.69 Å². The van der Waals surface area contributed by atoms with Gasteiger partial charge in [0, 0.05) is 11.4 Å². The Morgan fingerprint density at radius 1 is 1.17 bits per heavy atom. The van der Waals surface area contributed by atoms with Crippen LogP contribution in [0.15, 0.2) is 39.0 Å². The fourth-order valence-corrected chi connectivity index (χ4v) is 2.95. The van der Waals surface area contributed by atoms with Crippen molar-refractivity contribution in [2.75, 3.05) is 0 Å². The molecule has 9 heteroatoms. The Labute approximate surface area is 173 Å². The fourth-order valence-electron chi connectivity index (χ4n) is 2.82. The summed E-state index contributed by atoms with van der Waals surface area (Å²) in [6, 6.07) is 6.18. The summed E-state index contributed by atoms with van der Waals surface area (Å²) >= 11 is 5.87. The van der Waals surface area contributed by atoms with E-state index in [4.69, 9.17) is 11.6 Å². The van der Waals surface area contributed by atoms with E-state index >= 15 is 0 Å². The number of carbonyl (C=O) groups is 1. The maximum absolute atomic E-state index is 12.3. The molecule has 2 aromatic rings. The zero-order chi connectivity index (χ0) is 21.4. The zero-order valence-corrected chi connectivity index (χ0v) is 17.3. The van der Waals surface area contributed by atoms with E-state index in [1.807, 2.05) is 0 Å². The van der Waals surface area contributed by atoms with Crippen molar-refractivity contribution in [1.29, 1.82) is 0 Å². The van der Waals surface area contributed by atoms with Crippen LogP contribution in [0, 0.1) is 0 Å². The van der Waals surface area contributed by atoms with Gasteiger partial charge in [-0.2, -0.15) is 5.10 Å². The number of benzene rings is 1. The number of nitrogens with one attached hydrogen (secondary N) is 2. The normalized spacial score (nSPS) is 11.5. The van der Waals surface area contributed by atoms with Gasteiger partial charge in [-0.3, -0.25) is 14.6 Å². The molecule has 0 fully saturated rings. The molecule has 0 unspecified atom stereocenters. The molecule has 29 heavy (non-hydrogen) atoms. The van der Waals surface area contributed by atoms with E-state index < -0.39 is 17.1 Å². The van der Waals surface area contributed by atoms with Crippen molar-refractivity contribution in [1.82, 2.24) is 15.0 Å². The molecule has 156 valence electrons. The van der Waals surface area contributed by atoms with Gasteiger partial charge in [-0.15, -0.1) is 0 Å². The Hall–Kier alpha value is -2.87. The number of hydrazone groups is 1. The SMILES string of the molecule is CCCCCCC(=O)NN=C(CC)c1c(O)n(-c2ccc(Cl)cc2)c(=O)[nH]c1=O. The molecular formula is C20H25ClN4O4. The number of aromatic hydroxyl groups is 1. The van der Waals surface area contributed by atoms with Crippen LogP contribution < -0.4 is 16.7 Å². The quantitative estimate of drug-likeness (QED) is 0.328. The molecule has 0 bridgehead atoms. The number of aromatic amines is 1. The lowest BCUT2D eigenvalue weighted by atomic mass is 10.1. The van der Waals surface area contributed by atoms with E-state index in [9.17, 15) is 19.5 Å².